The van der Waals surface area contributed by atoms with Crippen molar-refractivity contribution in [2.45, 2.75) is 37.6 Å². The van der Waals surface area contributed by atoms with E-state index in [0.29, 0.717) is 0 Å². The first-order valence-electron chi connectivity index (χ1n) is 4.88. The monoisotopic (exact) mass is 262 g/mol. The summed E-state index contributed by atoms with van der Waals surface area (Å²) in [5, 5.41) is 3.18. The Balaban J connectivity index is 0.000000980. The lowest BCUT2D eigenvalue weighted by molar-refractivity contribution is -0.00756. The predicted molar refractivity (Wildman–Crippen MR) is 61.2 cm³/mol. The summed E-state index contributed by atoms with van der Waals surface area (Å²) in [5.41, 5.74) is 5.54. The van der Waals surface area contributed by atoms with Crippen LogP contribution in [0, 0.1) is 5.41 Å². The highest BCUT2D eigenvalue weighted by atomic mass is 35.5. The number of hydrogen-bond donors (Lipinski definition) is 2. The largest absolute Gasteiger partial charge is 0.327 e. The minimum Gasteiger partial charge on any atom is -0.327 e. The molecule has 92 valence electrons. The number of piperidine rings is 1. The van der Waals surface area contributed by atoms with Crippen molar-refractivity contribution >= 4 is 24.8 Å². The molecule has 6 heteroatoms. The molecule has 0 bridgehead atoms. The molecule has 1 heterocycles. The summed E-state index contributed by atoms with van der Waals surface area (Å²) in [6.45, 7) is 1.67. The van der Waals surface area contributed by atoms with Crippen LogP contribution in [0.15, 0.2) is 0 Å². The van der Waals surface area contributed by atoms with Crippen molar-refractivity contribution in [2.75, 3.05) is 13.1 Å². The highest BCUT2D eigenvalue weighted by Gasteiger charge is 2.54. The molecule has 2 fully saturated rings. The van der Waals surface area contributed by atoms with Crippen LogP contribution in [0.1, 0.15) is 25.7 Å². The van der Waals surface area contributed by atoms with Crippen LogP contribution in [0.25, 0.3) is 0 Å². The van der Waals surface area contributed by atoms with E-state index in [1.54, 1.807) is 0 Å². The van der Waals surface area contributed by atoms with Crippen molar-refractivity contribution in [3.63, 3.8) is 0 Å². The van der Waals surface area contributed by atoms with Gasteiger partial charge in [0.2, 0.25) is 5.92 Å². The Morgan fingerprint density at radius 2 is 1.67 bits per heavy atom. The van der Waals surface area contributed by atoms with Crippen LogP contribution in [0.4, 0.5) is 8.78 Å². The van der Waals surface area contributed by atoms with Gasteiger partial charge in [-0.3, -0.25) is 0 Å². The van der Waals surface area contributed by atoms with Gasteiger partial charge in [0.05, 0.1) is 0 Å². The first-order chi connectivity index (χ1) is 6.04. The first kappa shape index (κ1) is 15.4. The van der Waals surface area contributed by atoms with Crippen LogP contribution in [0.3, 0.4) is 0 Å². The zero-order chi connectivity index (χ0) is 9.53. The van der Waals surface area contributed by atoms with Gasteiger partial charge in [0.25, 0.3) is 0 Å². The molecule has 1 spiro atoms. The Labute approximate surface area is 101 Å². The highest BCUT2D eigenvalue weighted by molar-refractivity contribution is 5.85. The minimum absolute atomic E-state index is 0. The number of nitrogens with one attached hydrogen (secondary N) is 1. The van der Waals surface area contributed by atoms with E-state index < -0.39 is 5.92 Å². The van der Waals surface area contributed by atoms with Gasteiger partial charge < -0.3 is 11.1 Å². The Bertz CT molecular complexity index is 208. The van der Waals surface area contributed by atoms with Crippen molar-refractivity contribution in [2.24, 2.45) is 11.1 Å². The van der Waals surface area contributed by atoms with Crippen molar-refractivity contribution in [3.05, 3.63) is 0 Å². The topological polar surface area (TPSA) is 38.0 Å². The normalized spacial score (nSPS) is 31.8. The lowest BCUT2D eigenvalue weighted by Gasteiger charge is -2.37. The van der Waals surface area contributed by atoms with Crippen LogP contribution in [0.5, 0.6) is 0 Å². The Hall–Kier alpha value is 0.360. The third kappa shape index (κ3) is 2.93. The van der Waals surface area contributed by atoms with Crippen molar-refractivity contribution < 1.29 is 8.78 Å². The average Bonchev–Trinajstić information content (AvgIpc) is 2.23. The van der Waals surface area contributed by atoms with Gasteiger partial charge in [-0.05, 0) is 31.3 Å². The zero-order valence-corrected chi connectivity index (χ0v) is 10.1. The van der Waals surface area contributed by atoms with Crippen molar-refractivity contribution in [1.82, 2.24) is 5.32 Å². The summed E-state index contributed by atoms with van der Waals surface area (Å²) >= 11 is 0. The van der Waals surface area contributed by atoms with E-state index in [-0.39, 0.29) is 49.1 Å². The quantitative estimate of drug-likeness (QED) is 0.701. The maximum absolute atomic E-state index is 13.1. The molecule has 1 aliphatic carbocycles. The summed E-state index contributed by atoms with van der Waals surface area (Å²) in [5.74, 6) is -2.52. The molecule has 2 rings (SSSR count). The van der Waals surface area contributed by atoms with Crippen LogP contribution in [0.2, 0.25) is 0 Å². The van der Waals surface area contributed by atoms with Crippen LogP contribution in [-0.2, 0) is 0 Å². The third-order valence-corrected chi connectivity index (χ3v) is 3.52. The molecule has 3 N–H and O–H groups in total. The van der Waals surface area contributed by atoms with Gasteiger partial charge in [0.15, 0.2) is 0 Å². The summed E-state index contributed by atoms with van der Waals surface area (Å²) in [6.07, 6.45) is 1.50. The fourth-order valence-corrected chi connectivity index (χ4v) is 2.73. The molecule has 0 aromatic heterocycles. The maximum Gasteiger partial charge on any atom is 0.250 e. The second-order valence-corrected chi connectivity index (χ2v) is 4.46. The number of nitrogens with two attached hydrogens (primary N) is 1. The van der Waals surface area contributed by atoms with Gasteiger partial charge in [0.1, 0.15) is 0 Å². The molecule has 2 aliphatic rings. The molecule has 1 aliphatic heterocycles. The molecular weight excluding hydrogens is 245 g/mol. The summed E-state index contributed by atoms with van der Waals surface area (Å²) in [6, 6.07) is -0.301. The van der Waals surface area contributed by atoms with Gasteiger partial charge in [-0.25, -0.2) is 8.78 Å². The standard InChI is InChI=1S/C9H16F2N2.2ClH/c10-9(11)5-7(12)8(6-9)1-3-13-4-2-8;;/h7,13H,1-6,12H2;2*1H/t7-;;/m1../s1. The number of rotatable bonds is 0. The fourth-order valence-electron chi connectivity index (χ4n) is 2.73. The third-order valence-electron chi connectivity index (χ3n) is 3.52. The number of hydrogen-bond acceptors (Lipinski definition) is 2. The van der Waals surface area contributed by atoms with E-state index >= 15 is 0 Å². The van der Waals surface area contributed by atoms with Gasteiger partial charge in [0, 0.05) is 18.9 Å². The van der Waals surface area contributed by atoms with E-state index in [1.165, 1.54) is 0 Å². The van der Waals surface area contributed by atoms with E-state index in [1.807, 2.05) is 0 Å². The van der Waals surface area contributed by atoms with Gasteiger partial charge in [-0.1, -0.05) is 0 Å². The van der Waals surface area contributed by atoms with Crippen LogP contribution < -0.4 is 11.1 Å². The molecule has 1 atom stereocenters. The lowest BCUT2D eigenvalue weighted by atomic mass is 9.75. The first-order valence-corrected chi connectivity index (χ1v) is 4.88. The summed E-state index contributed by atoms with van der Waals surface area (Å²) in [4.78, 5) is 0. The molecule has 1 saturated carbocycles. The fraction of sp³-hybridized carbons (Fsp3) is 1.00. The van der Waals surface area contributed by atoms with Gasteiger partial charge in [-0.2, -0.15) is 0 Å². The average molecular weight is 263 g/mol. The van der Waals surface area contributed by atoms with E-state index in [2.05, 4.69) is 5.32 Å². The second-order valence-electron chi connectivity index (χ2n) is 4.46. The molecule has 0 aromatic rings. The van der Waals surface area contributed by atoms with E-state index in [9.17, 15) is 8.78 Å². The minimum atomic E-state index is -2.52. The molecule has 0 aromatic carbocycles. The molecule has 0 radical (unpaired) electrons. The van der Waals surface area contributed by atoms with E-state index in [0.717, 1.165) is 25.9 Å². The Kier molecular flexibility index (Phi) is 5.25. The molecular formula is C9H18Cl2F2N2. The van der Waals surface area contributed by atoms with Crippen LogP contribution >= 0.6 is 24.8 Å². The van der Waals surface area contributed by atoms with Crippen molar-refractivity contribution in [3.8, 4) is 0 Å². The zero-order valence-electron chi connectivity index (χ0n) is 8.47. The van der Waals surface area contributed by atoms with Crippen molar-refractivity contribution in [1.29, 1.82) is 0 Å². The smallest absolute Gasteiger partial charge is 0.250 e. The number of alkyl halides is 2. The summed E-state index contributed by atoms with van der Waals surface area (Å²) in [7, 11) is 0. The molecule has 1 saturated heterocycles. The summed E-state index contributed by atoms with van der Waals surface area (Å²) < 4.78 is 26.2. The maximum atomic E-state index is 13.1. The Morgan fingerprint density at radius 3 is 2.07 bits per heavy atom. The van der Waals surface area contributed by atoms with Gasteiger partial charge >= 0.3 is 0 Å². The lowest BCUT2D eigenvalue weighted by Crippen LogP contribution is -2.45. The second kappa shape index (κ2) is 5.13. The van der Waals surface area contributed by atoms with E-state index in [4.69, 9.17) is 5.73 Å². The Morgan fingerprint density at radius 1 is 1.13 bits per heavy atom. The highest BCUT2D eigenvalue weighted by Crippen LogP contribution is 2.51. The molecule has 0 amide bonds. The number of halogens is 4. The molecule has 15 heavy (non-hydrogen) atoms. The molecule has 2 nitrogen and oxygen atoms in total. The molecule has 0 unspecified atom stereocenters. The predicted octanol–water partition coefficient (Wildman–Crippen LogP) is 1.96. The van der Waals surface area contributed by atoms with Crippen LogP contribution in [-0.4, -0.2) is 25.1 Å². The SMILES string of the molecule is Cl.Cl.N[C@@H]1CC(F)(F)CC12CCNCC2. The van der Waals surface area contributed by atoms with Gasteiger partial charge in [-0.15, -0.1) is 24.8 Å².